The maximum atomic E-state index is 10.9. The van der Waals surface area contributed by atoms with Crippen LogP contribution in [0.1, 0.15) is 18.1 Å². The SMILES string of the molecule is CCc1ccc(NCc2ccccc2[N+](=O)[O-])cc1. The molecule has 0 atom stereocenters. The largest absolute Gasteiger partial charge is 0.381 e. The summed E-state index contributed by atoms with van der Waals surface area (Å²) < 4.78 is 0. The van der Waals surface area contributed by atoms with Gasteiger partial charge in [-0.15, -0.1) is 0 Å². The van der Waals surface area contributed by atoms with Gasteiger partial charge in [-0.2, -0.15) is 0 Å². The Hall–Kier alpha value is -2.36. The van der Waals surface area contributed by atoms with Crippen LogP contribution in [0.5, 0.6) is 0 Å². The molecule has 4 heteroatoms. The molecule has 0 saturated heterocycles. The van der Waals surface area contributed by atoms with E-state index in [9.17, 15) is 10.1 Å². The number of rotatable bonds is 5. The molecular formula is C15H16N2O2. The van der Waals surface area contributed by atoms with E-state index in [0.29, 0.717) is 12.1 Å². The summed E-state index contributed by atoms with van der Waals surface area (Å²) in [4.78, 5) is 10.5. The van der Waals surface area contributed by atoms with Gasteiger partial charge in [-0.1, -0.05) is 37.3 Å². The zero-order valence-corrected chi connectivity index (χ0v) is 10.8. The first-order chi connectivity index (χ1) is 9.20. The van der Waals surface area contributed by atoms with Gasteiger partial charge in [-0.05, 0) is 24.1 Å². The molecule has 0 aromatic heterocycles. The number of benzene rings is 2. The van der Waals surface area contributed by atoms with Crippen molar-refractivity contribution < 1.29 is 4.92 Å². The van der Waals surface area contributed by atoms with Crippen molar-refractivity contribution in [3.63, 3.8) is 0 Å². The van der Waals surface area contributed by atoms with Crippen LogP contribution in [-0.2, 0) is 13.0 Å². The second-order valence-corrected chi connectivity index (χ2v) is 4.29. The molecule has 0 fully saturated rings. The monoisotopic (exact) mass is 256 g/mol. The van der Waals surface area contributed by atoms with E-state index in [1.807, 2.05) is 18.2 Å². The standard InChI is InChI=1S/C15H16N2O2/c1-2-12-7-9-14(10-8-12)16-11-13-5-3-4-6-15(13)17(18)19/h3-10,16H,2,11H2,1H3. The Morgan fingerprint density at radius 2 is 1.79 bits per heavy atom. The Morgan fingerprint density at radius 1 is 1.11 bits per heavy atom. The van der Waals surface area contributed by atoms with Gasteiger partial charge >= 0.3 is 0 Å². The first-order valence-electron chi connectivity index (χ1n) is 6.26. The fraction of sp³-hybridized carbons (Fsp3) is 0.200. The quantitative estimate of drug-likeness (QED) is 0.654. The molecule has 0 radical (unpaired) electrons. The normalized spacial score (nSPS) is 10.2. The number of hydrogen-bond acceptors (Lipinski definition) is 3. The van der Waals surface area contributed by atoms with E-state index in [1.165, 1.54) is 11.6 Å². The number of anilines is 1. The fourth-order valence-corrected chi connectivity index (χ4v) is 1.89. The van der Waals surface area contributed by atoms with Crippen molar-refractivity contribution in [2.45, 2.75) is 19.9 Å². The average molecular weight is 256 g/mol. The van der Waals surface area contributed by atoms with Crippen molar-refractivity contribution in [2.24, 2.45) is 0 Å². The minimum atomic E-state index is -0.350. The summed E-state index contributed by atoms with van der Waals surface area (Å²) in [7, 11) is 0. The Kier molecular flexibility index (Phi) is 4.13. The topological polar surface area (TPSA) is 55.2 Å². The molecule has 1 N–H and O–H groups in total. The third-order valence-corrected chi connectivity index (χ3v) is 3.03. The highest BCUT2D eigenvalue weighted by Crippen LogP contribution is 2.19. The maximum Gasteiger partial charge on any atom is 0.274 e. The van der Waals surface area contributed by atoms with Crippen molar-refractivity contribution in [1.29, 1.82) is 0 Å². The second-order valence-electron chi connectivity index (χ2n) is 4.29. The first kappa shape index (κ1) is 13.1. The number of nitrogens with zero attached hydrogens (tertiary/aromatic N) is 1. The van der Waals surface area contributed by atoms with Crippen LogP contribution in [0.2, 0.25) is 0 Å². The van der Waals surface area contributed by atoms with Gasteiger partial charge in [0.15, 0.2) is 0 Å². The van der Waals surface area contributed by atoms with E-state index in [4.69, 9.17) is 0 Å². The lowest BCUT2D eigenvalue weighted by Crippen LogP contribution is -2.02. The van der Waals surface area contributed by atoms with Crippen LogP contribution in [0, 0.1) is 10.1 Å². The van der Waals surface area contributed by atoms with Crippen LogP contribution < -0.4 is 5.32 Å². The van der Waals surface area contributed by atoms with Crippen LogP contribution in [0.4, 0.5) is 11.4 Å². The zero-order valence-electron chi connectivity index (χ0n) is 10.8. The molecule has 0 spiro atoms. The molecule has 2 aromatic rings. The third-order valence-electron chi connectivity index (χ3n) is 3.03. The van der Waals surface area contributed by atoms with Gasteiger partial charge in [-0.25, -0.2) is 0 Å². The number of nitrogens with one attached hydrogen (secondary N) is 1. The highest BCUT2D eigenvalue weighted by molar-refractivity contribution is 5.48. The summed E-state index contributed by atoms with van der Waals surface area (Å²) in [6.07, 6.45) is 1.00. The van der Waals surface area contributed by atoms with Gasteiger partial charge in [0, 0.05) is 23.9 Å². The van der Waals surface area contributed by atoms with E-state index in [2.05, 4.69) is 24.4 Å². The van der Waals surface area contributed by atoms with Gasteiger partial charge in [0.25, 0.3) is 5.69 Å². The van der Waals surface area contributed by atoms with E-state index in [-0.39, 0.29) is 10.6 Å². The number of hydrogen-bond donors (Lipinski definition) is 1. The molecule has 0 aliphatic carbocycles. The summed E-state index contributed by atoms with van der Waals surface area (Å²) in [5, 5.41) is 14.1. The number of aryl methyl sites for hydroxylation is 1. The molecule has 0 aliphatic rings. The highest BCUT2D eigenvalue weighted by atomic mass is 16.6. The molecule has 0 amide bonds. The molecule has 19 heavy (non-hydrogen) atoms. The minimum absolute atomic E-state index is 0.153. The first-order valence-corrected chi connectivity index (χ1v) is 6.26. The van der Waals surface area contributed by atoms with E-state index >= 15 is 0 Å². The molecule has 98 valence electrons. The van der Waals surface area contributed by atoms with Crippen molar-refractivity contribution >= 4 is 11.4 Å². The van der Waals surface area contributed by atoms with Gasteiger partial charge in [-0.3, -0.25) is 10.1 Å². The summed E-state index contributed by atoms with van der Waals surface area (Å²) in [5.74, 6) is 0. The number of nitro benzene ring substituents is 1. The number of nitro groups is 1. The lowest BCUT2D eigenvalue weighted by molar-refractivity contribution is -0.385. The maximum absolute atomic E-state index is 10.9. The smallest absolute Gasteiger partial charge is 0.274 e. The summed E-state index contributed by atoms with van der Waals surface area (Å²) in [6.45, 7) is 2.55. The summed E-state index contributed by atoms with van der Waals surface area (Å²) in [6, 6.07) is 14.9. The lowest BCUT2D eigenvalue weighted by atomic mass is 10.1. The van der Waals surface area contributed by atoms with Crippen molar-refractivity contribution in [3.05, 3.63) is 69.8 Å². The van der Waals surface area contributed by atoms with Crippen LogP contribution >= 0.6 is 0 Å². The third kappa shape index (κ3) is 3.31. The van der Waals surface area contributed by atoms with E-state index < -0.39 is 0 Å². The molecule has 2 aromatic carbocycles. The predicted molar refractivity (Wildman–Crippen MR) is 76.2 cm³/mol. The Bertz CT molecular complexity index is 565. The predicted octanol–water partition coefficient (Wildman–Crippen LogP) is 3.77. The molecular weight excluding hydrogens is 240 g/mol. The van der Waals surface area contributed by atoms with E-state index in [0.717, 1.165) is 12.1 Å². The minimum Gasteiger partial charge on any atom is -0.381 e. The lowest BCUT2D eigenvalue weighted by Gasteiger charge is -2.07. The molecule has 2 rings (SSSR count). The van der Waals surface area contributed by atoms with Crippen LogP contribution in [0.3, 0.4) is 0 Å². The summed E-state index contributed by atoms with van der Waals surface area (Å²) >= 11 is 0. The van der Waals surface area contributed by atoms with E-state index in [1.54, 1.807) is 12.1 Å². The Labute approximate surface area is 112 Å². The summed E-state index contributed by atoms with van der Waals surface area (Å²) in [5.41, 5.74) is 3.08. The molecule has 0 saturated carbocycles. The Balaban J connectivity index is 2.07. The van der Waals surface area contributed by atoms with Crippen LogP contribution in [-0.4, -0.2) is 4.92 Å². The molecule has 4 nitrogen and oxygen atoms in total. The zero-order chi connectivity index (χ0) is 13.7. The van der Waals surface area contributed by atoms with Crippen molar-refractivity contribution in [1.82, 2.24) is 0 Å². The van der Waals surface area contributed by atoms with Gasteiger partial charge in [0.2, 0.25) is 0 Å². The molecule has 0 heterocycles. The van der Waals surface area contributed by atoms with Gasteiger partial charge < -0.3 is 5.32 Å². The van der Waals surface area contributed by atoms with Gasteiger partial charge in [0.1, 0.15) is 0 Å². The highest BCUT2D eigenvalue weighted by Gasteiger charge is 2.11. The molecule has 0 bridgehead atoms. The van der Waals surface area contributed by atoms with Crippen molar-refractivity contribution in [2.75, 3.05) is 5.32 Å². The van der Waals surface area contributed by atoms with Crippen LogP contribution in [0.25, 0.3) is 0 Å². The fourth-order valence-electron chi connectivity index (χ4n) is 1.89. The molecule has 0 aliphatic heterocycles. The molecule has 0 unspecified atom stereocenters. The second kappa shape index (κ2) is 6.00. The van der Waals surface area contributed by atoms with Crippen LogP contribution in [0.15, 0.2) is 48.5 Å². The van der Waals surface area contributed by atoms with Crippen molar-refractivity contribution in [3.8, 4) is 0 Å². The Morgan fingerprint density at radius 3 is 2.42 bits per heavy atom. The van der Waals surface area contributed by atoms with Gasteiger partial charge in [0.05, 0.1) is 4.92 Å². The number of para-hydroxylation sites is 1. The average Bonchev–Trinajstić information content (AvgIpc) is 2.46.